The minimum absolute atomic E-state index is 0. The molecule has 1 saturated heterocycles. The van der Waals surface area contributed by atoms with Crippen LogP contribution >= 0.6 is 24.8 Å². The number of halogens is 2. The number of benzene rings is 1. The first-order chi connectivity index (χ1) is 13.1. The van der Waals surface area contributed by atoms with E-state index in [1.165, 1.54) is 0 Å². The first-order valence-corrected chi connectivity index (χ1v) is 9.59. The molecule has 0 radical (unpaired) electrons. The number of fused-ring (bicyclic) bond motifs is 1. The molecule has 1 aliphatic heterocycles. The summed E-state index contributed by atoms with van der Waals surface area (Å²) in [5.41, 5.74) is 3.26. The van der Waals surface area contributed by atoms with Gasteiger partial charge in [0.05, 0.1) is 22.8 Å². The molecular formula is C21H27Cl2N5O. The number of hydrogen-bond acceptors (Lipinski definition) is 4. The Hall–Kier alpha value is -2.15. The van der Waals surface area contributed by atoms with Crippen LogP contribution in [0.2, 0.25) is 0 Å². The van der Waals surface area contributed by atoms with E-state index in [0.717, 1.165) is 54.9 Å². The van der Waals surface area contributed by atoms with E-state index in [1.807, 2.05) is 46.0 Å². The normalized spacial score (nSPS) is 14.2. The van der Waals surface area contributed by atoms with Gasteiger partial charge in [-0.25, -0.2) is 9.67 Å². The smallest absolute Gasteiger partial charge is 0.254 e. The molecule has 0 atom stereocenters. The van der Waals surface area contributed by atoms with E-state index in [4.69, 9.17) is 4.98 Å². The third-order valence-corrected chi connectivity index (χ3v) is 4.98. The summed E-state index contributed by atoms with van der Waals surface area (Å²) in [6, 6.07) is 12.1. The molecule has 0 saturated carbocycles. The lowest BCUT2D eigenvalue weighted by atomic mass is 10.1. The van der Waals surface area contributed by atoms with Crippen LogP contribution in [0.3, 0.4) is 0 Å². The monoisotopic (exact) mass is 435 g/mol. The van der Waals surface area contributed by atoms with E-state index in [0.29, 0.717) is 5.56 Å². The van der Waals surface area contributed by atoms with Gasteiger partial charge in [-0.3, -0.25) is 4.79 Å². The Kier molecular flexibility index (Phi) is 8.02. The highest BCUT2D eigenvalue weighted by Crippen LogP contribution is 2.27. The maximum absolute atomic E-state index is 13.4. The number of carbonyl (C=O) groups excluding carboxylic acids is 1. The van der Waals surface area contributed by atoms with Crippen molar-refractivity contribution >= 4 is 41.8 Å². The molecule has 0 unspecified atom stereocenters. The lowest BCUT2D eigenvalue weighted by Crippen LogP contribution is -2.34. The molecule has 156 valence electrons. The van der Waals surface area contributed by atoms with Gasteiger partial charge < -0.3 is 10.2 Å². The van der Waals surface area contributed by atoms with Crippen LogP contribution in [0.15, 0.2) is 42.6 Å². The van der Waals surface area contributed by atoms with E-state index < -0.39 is 0 Å². The average molecular weight is 436 g/mol. The van der Waals surface area contributed by atoms with Gasteiger partial charge in [-0.15, -0.1) is 24.8 Å². The van der Waals surface area contributed by atoms with Gasteiger partial charge >= 0.3 is 0 Å². The number of carbonyl (C=O) groups is 1. The van der Waals surface area contributed by atoms with Crippen molar-refractivity contribution in [1.29, 1.82) is 0 Å². The highest BCUT2D eigenvalue weighted by molar-refractivity contribution is 6.06. The molecular weight excluding hydrogens is 409 g/mol. The summed E-state index contributed by atoms with van der Waals surface area (Å²) >= 11 is 0. The summed E-state index contributed by atoms with van der Waals surface area (Å²) in [6.45, 7) is 7.43. The summed E-state index contributed by atoms with van der Waals surface area (Å²) in [7, 11) is 0. The van der Waals surface area contributed by atoms with Gasteiger partial charge in [-0.05, 0) is 32.9 Å². The van der Waals surface area contributed by atoms with Crippen LogP contribution in [0.4, 0.5) is 0 Å². The Morgan fingerprint density at radius 2 is 1.86 bits per heavy atom. The zero-order valence-corrected chi connectivity index (χ0v) is 18.3. The second-order valence-electron chi connectivity index (χ2n) is 7.24. The van der Waals surface area contributed by atoms with E-state index in [2.05, 4.69) is 24.3 Å². The molecule has 4 rings (SSSR count). The van der Waals surface area contributed by atoms with Gasteiger partial charge in [0.2, 0.25) is 0 Å². The van der Waals surface area contributed by atoms with Gasteiger partial charge in [0.25, 0.3) is 5.91 Å². The second-order valence-corrected chi connectivity index (χ2v) is 7.24. The molecule has 1 aliphatic rings. The van der Waals surface area contributed by atoms with Crippen LogP contribution in [0, 0.1) is 0 Å². The quantitative estimate of drug-likeness (QED) is 0.675. The van der Waals surface area contributed by atoms with Crippen LogP contribution in [0.1, 0.15) is 36.7 Å². The fourth-order valence-corrected chi connectivity index (χ4v) is 3.55. The minimum atomic E-state index is 0. The van der Waals surface area contributed by atoms with Crippen molar-refractivity contribution in [3.05, 3.63) is 48.2 Å². The largest absolute Gasteiger partial charge is 0.337 e. The number of nitrogens with zero attached hydrogens (tertiary/aromatic N) is 4. The standard InChI is InChI=1S/C21H25N5O.2ClH/c1-15(2)26-20-18(14-23-26)17(21(27)25-11-6-9-22-10-12-25)13-19(24-20)16-7-4-3-5-8-16;;/h3-5,7-8,13-15,22H,6,9-12H2,1-2H3;2*1H. The van der Waals surface area contributed by atoms with Gasteiger partial charge in [0.15, 0.2) is 5.65 Å². The predicted molar refractivity (Wildman–Crippen MR) is 121 cm³/mol. The van der Waals surface area contributed by atoms with Crippen molar-refractivity contribution in [2.75, 3.05) is 26.2 Å². The van der Waals surface area contributed by atoms with E-state index in [-0.39, 0.29) is 36.8 Å². The Balaban J connectivity index is 0.00000150. The lowest BCUT2D eigenvalue weighted by Gasteiger charge is -2.21. The van der Waals surface area contributed by atoms with Crippen molar-refractivity contribution in [3.8, 4) is 11.3 Å². The zero-order chi connectivity index (χ0) is 18.8. The third kappa shape index (κ3) is 4.71. The molecule has 3 aromatic rings. The lowest BCUT2D eigenvalue weighted by molar-refractivity contribution is 0.0768. The Morgan fingerprint density at radius 1 is 1.10 bits per heavy atom. The molecule has 6 nitrogen and oxygen atoms in total. The SMILES string of the molecule is CC(C)n1ncc2c(C(=O)N3CCCNCC3)cc(-c3ccccc3)nc21.Cl.Cl. The molecule has 1 aromatic carbocycles. The first-order valence-electron chi connectivity index (χ1n) is 9.59. The highest BCUT2D eigenvalue weighted by atomic mass is 35.5. The fraction of sp³-hybridized carbons (Fsp3) is 0.381. The van der Waals surface area contributed by atoms with Crippen molar-refractivity contribution < 1.29 is 4.79 Å². The minimum Gasteiger partial charge on any atom is -0.337 e. The predicted octanol–water partition coefficient (Wildman–Crippen LogP) is 3.96. The molecule has 1 amide bonds. The Bertz CT molecular complexity index is 950. The number of nitrogens with one attached hydrogen (secondary N) is 1. The third-order valence-electron chi connectivity index (χ3n) is 4.98. The maximum Gasteiger partial charge on any atom is 0.254 e. The summed E-state index contributed by atoms with van der Waals surface area (Å²) in [5, 5.41) is 8.69. The number of aromatic nitrogens is 3. The second kappa shape index (κ2) is 10.1. The summed E-state index contributed by atoms with van der Waals surface area (Å²) in [5.74, 6) is 0.0617. The van der Waals surface area contributed by atoms with Gasteiger partial charge in [-0.2, -0.15) is 5.10 Å². The molecule has 0 bridgehead atoms. The van der Waals surface area contributed by atoms with E-state index in [1.54, 1.807) is 6.20 Å². The molecule has 1 N–H and O–H groups in total. The fourth-order valence-electron chi connectivity index (χ4n) is 3.55. The van der Waals surface area contributed by atoms with E-state index in [9.17, 15) is 4.79 Å². The van der Waals surface area contributed by atoms with Gasteiger partial charge in [0, 0.05) is 31.2 Å². The van der Waals surface area contributed by atoms with Crippen LogP contribution < -0.4 is 5.32 Å². The molecule has 3 heterocycles. The number of amides is 1. The summed E-state index contributed by atoms with van der Waals surface area (Å²) < 4.78 is 1.89. The summed E-state index contributed by atoms with van der Waals surface area (Å²) in [6.07, 6.45) is 2.75. The van der Waals surface area contributed by atoms with Crippen LogP contribution in [-0.2, 0) is 0 Å². The zero-order valence-electron chi connectivity index (χ0n) is 16.7. The Labute approximate surface area is 183 Å². The number of rotatable bonds is 3. The van der Waals surface area contributed by atoms with Crippen molar-refractivity contribution in [2.45, 2.75) is 26.3 Å². The number of hydrogen-bond donors (Lipinski definition) is 1. The topological polar surface area (TPSA) is 63.1 Å². The number of pyridine rings is 1. The molecule has 8 heteroatoms. The molecule has 1 fully saturated rings. The first kappa shape index (κ1) is 23.1. The van der Waals surface area contributed by atoms with Crippen LogP contribution in [-0.4, -0.2) is 51.8 Å². The molecule has 29 heavy (non-hydrogen) atoms. The average Bonchev–Trinajstić information content (AvgIpc) is 2.93. The van der Waals surface area contributed by atoms with Gasteiger partial charge in [-0.1, -0.05) is 30.3 Å². The molecule has 0 spiro atoms. The highest BCUT2D eigenvalue weighted by Gasteiger charge is 2.23. The van der Waals surface area contributed by atoms with Crippen LogP contribution in [0.5, 0.6) is 0 Å². The maximum atomic E-state index is 13.4. The van der Waals surface area contributed by atoms with Crippen molar-refractivity contribution in [1.82, 2.24) is 25.0 Å². The van der Waals surface area contributed by atoms with Gasteiger partial charge in [0.1, 0.15) is 0 Å². The van der Waals surface area contributed by atoms with Crippen molar-refractivity contribution in [2.24, 2.45) is 0 Å². The van der Waals surface area contributed by atoms with E-state index >= 15 is 0 Å². The molecule has 2 aromatic heterocycles. The van der Waals surface area contributed by atoms with Crippen LogP contribution in [0.25, 0.3) is 22.3 Å². The van der Waals surface area contributed by atoms with Crippen molar-refractivity contribution in [3.63, 3.8) is 0 Å². The molecule has 0 aliphatic carbocycles. The summed E-state index contributed by atoms with van der Waals surface area (Å²) in [4.78, 5) is 20.2. The Morgan fingerprint density at radius 3 is 2.59 bits per heavy atom.